The smallest absolute Gasteiger partial charge is 0.116 e. The third-order valence-corrected chi connectivity index (χ3v) is 5.13. The monoisotopic (exact) mass is 347 g/mol. The summed E-state index contributed by atoms with van der Waals surface area (Å²) < 4.78 is 5.47. The molecule has 4 nitrogen and oxygen atoms in total. The Morgan fingerprint density at radius 1 is 1.08 bits per heavy atom. The molecule has 0 radical (unpaired) electrons. The van der Waals surface area contributed by atoms with E-state index in [1.165, 1.54) is 29.5 Å². The van der Waals surface area contributed by atoms with Crippen LogP contribution in [0.5, 0.6) is 0 Å². The topological polar surface area (TPSA) is 38.2 Å². The van der Waals surface area contributed by atoms with Crippen LogP contribution in [0.1, 0.15) is 18.4 Å². The molecule has 4 heteroatoms. The summed E-state index contributed by atoms with van der Waals surface area (Å²) in [6.07, 6.45) is 5.83. The molecule has 0 amide bonds. The highest BCUT2D eigenvalue weighted by molar-refractivity contribution is 5.83. The molecule has 0 atom stereocenters. The zero-order valence-corrected chi connectivity index (χ0v) is 15.3. The second-order valence-corrected chi connectivity index (χ2v) is 7.25. The van der Waals surface area contributed by atoms with Crippen LogP contribution in [-0.2, 0) is 11.3 Å². The van der Waals surface area contributed by atoms with Gasteiger partial charge in [0.05, 0.1) is 5.52 Å². The van der Waals surface area contributed by atoms with Crippen molar-refractivity contribution in [2.24, 2.45) is 5.92 Å². The maximum atomic E-state index is 5.47. The first-order chi connectivity index (χ1) is 12.8. The molecule has 0 N–H and O–H groups in total. The maximum Gasteiger partial charge on any atom is 0.116 e. The second-order valence-electron chi connectivity index (χ2n) is 7.25. The van der Waals surface area contributed by atoms with E-state index in [-0.39, 0.29) is 0 Å². The fourth-order valence-corrected chi connectivity index (χ4v) is 3.75. The van der Waals surface area contributed by atoms with E-state index in [9.17, 15) is 0 Å². The van der Waals surface area contributed by atoms with Crippen LogP contribution in [0.25, 0.3) is 22.0 Å². The molecule has 0 saturated carbocycles. The number of ether oxygens (including phenoxy) is 1. The summed E-state index contributed by atoms with van der Waals surface area (Å²) in [6.45, 7) is 3.94. The summed E-state index contributed by atoms with van der Waals surface area (Å²) in [5.41, 5.74) is 4.77. The Kier molecular flexibility index (Phi) is 5.23. The van der Waals surface area contributed by atoms with E-state index in [0.717, 1.165) is 43.1 Å². The second kappa shape index (κ2) is 7.94. The molecule has 4 rings (SSSR count). The van der Waals surface area contributed by atoms with Gasteiger partial charge in [-0.15, -0.1) is 0 Å². The van der Waals surface area contributed by atoms with E-state index in [1.807, 2.05) is 6.20 Å². The van der Waals surface area contributed by atoms with Crippen LogP contribution in [0.4, 0.5) is 0 Å². The Labute approximate surface area is 154 Å². The Hall–Kier alpha value is -2.30. The number of aromatic nitrogens is 2. The molecule has 0 unspecified atom stereocenters. The van der Waals surface area contributed by atoms with Gasteiger partial charge < -0.3 is 9.64 Å². The van der Waals surface area contributed by atoms with Crippen LogP contribution < -0.4 is 0 Å². The molecule has 1 aliphatic rings. The van der Waals surface area contributed by atoms with Gasteiger partial charge in [-0.1, -0.05) is 30.3 Å². The first-order valence-corrected chi connectivity index (χ1v) is 9.33. The molecule has 0 aliphatic carbocycles. The van der Waals surface area contributed by atoms with Gasteiger partial charge in [0.15, 0.2) is 0 Å². The molecule has 3 aromatic rings. The highest BCUT2D eigenvalue weighted by atomic mass is 16.5. The van der Waals surface area contributed by atoms with Crippen molar-refractivity contribution >= 4 is 10.9 Å². The van der Waals surface area contributed by atoms with Crippen LogP contribution >= 0.6 is 0 Å². The van der Waals surface area contributed by atoms with Crippen LogP contribution in [0.15, 0.2) is 55.0 Å². The highest BCUT2D eigenvalue weighted by Crippen LogP contribution is 2.24. The predicted molar refractivity (Wildman–Crippen MR) is 105 cm³/mol. The van der Waals surface area contributed by atoms with Crippen molar-refractivity contribution in [3.8, 4) is 11.1 Å². The van der Waals surface area contributed by atoms with Crippen LogP contribution in [0.2, 0.25) is 0 Å². The molecule has 0 spiro atoms. The minimum absolute atomic E-state index is 0.761. The zero-order chi connectivity index (χ0) is 17.8. The number of hydrogen-bond donors (Lipinski definition) is 0. The Balaban J connectivity index is 1.48. The number of nitrogens with zero attached hydrogens (tertiary/aromatic N) is 3. The summed E-state index contributed by atoms with van der Waals surface area (Å²) in [4.78, 5) is 10.9. The van der Waals surface area contributed by atoms with Crippen LogP contribution in [0, 0.1) is 5.92 Å². The molecule has 1 aliphatic heterocycles. The van der Waals surface area contributed by atoms with Gasteiger partial charge in [-0.3, -0.25) is 0 Å². The van der Waals surface area contributed by atoms with Crippen molar-refractivity contribution in [1.82, 2.24) is 14.9 Å². The summed E-state index contributed by atoms with van der Waals surface area (Å²) in [6, 6.07) is 15.2. The molecule has 0 bridgehead atoms. The standard InChI is InChI=1S/C22H25N3O/c1-25(14-17-7-9-26-10-8-17)15-18-3-2-4-19(11-18)20-5-6-21-13-23-16-24-22(21)12-20/h2-6,11-13,16-17H,7-10,14-15H2,1H3. The van der Waals surface area contributed by atoms with Crippen molar-refractivity contribution in [3.05, 3.63) is 60.6 Å². The zero-order valence-electron chi connectivity index (χ0n) is 15.3. The lowest BCUT2D eigenvalue weighted by Crippen LogP contribution is -2.29. The van der Waals surface area contributed by atoms with E-state index < -0.39 is 0 Å². The number of fused-ring (bicyclic) bond motifs is 1. The quantitative estimate of drug-likeness (QED) is 0.695. The molecule has 2 heterocycles. The van der Waals surface area contributed by atoms with Gasteiger partial charge in [0.25, 0.3) is 0 Å². The first-order valence-electron chi connectivity index (χ1n) is 9.33. The predicted octanol–water partition coefficient (Wildman–Crippen LogP) is 4.16. The van der Waals surface area contributed by atoms with E-state index in [4.69, 9.17) is 4.74 Å². The lowest BCUT2D eigenvalue weighted by Gasteiger charge is -2.27. The van der Waals surface area contributed by atoms with Gasteiger partial charge in [-0.25, -0.2) is 9.97 Å². The van der Waals surface area contributed by atoms with E-state index in [0.29, 0.717) is 0 Å². The summed E-state index contributed by atoms with van der Waals surface area (Å²) >= 11 is 0. The van der Waals surface area contributed by atoms with Gasteiger partial charge in [0.2, 0.25) is 0 Å². The van der Waals surface area contributed by atoms with Crippen molar-refractivity contribution in [2.45, 2.75) is 19.4 Å². The molecule has 1 aromatic heterocycles. The van der Waals surface area contributed by atoms with E-state index in [1.54, 1.807) is 6.33 Å². The highest BCUT2D eigenvalue weighted by Gasteiger charge is 2.15. The average Bonchev–Trinajstić information content (AvgIpc) is 2.68. The van der Waals surface area contributed by atoms with Gasteiger partial charge in [0.1, 0.15) is 6.33 Å². The van der Waals surface area contributed by atoms with E-state index >= 15 is 0 Å². The molecule has 134 valence electrons. The summed E-state index contributed by atoms with van der Waals surface area (Å²) in [5, 5.41) is 1.07. The van der Waals surface area contributed by atoms with Crippen molar-refractivity contribution in [1.29, 1.82) is 0 Å². The Morgan fingerprint density at radius 3 is 2.81 bits per heavy atom. The van der Waals surface area contributed by atoms with Crippen molar-refractivity contribution < 1.29 is 4.74 Å². The normalized spacial score (nSPS) is 15.6. The average molecular weight is 347 g/mol. The fourth-order valence-electron chi connectivity index (χ4n) is 3.75. The lowest BCUT2D eigenvalue weighted by atomic mass is 9.99. The minimum Gasteiger partial charge on any atom is -0.381 e. The van der Waals surface area contributed by atoms with E-state index in [2.05, 4.69) is 64.4 Å². The molecular weight excluding hydrogens is 322 g/mol. The number of hydrogen-bond acceptors (Lipinski definition) is 4. The van der Waals surface area contributed by atoms with Crippen LogP contribution in [0.3, 0.4) is 0 Å². The number of benzene rings is 2. The molecular formula is C22H25N3O. The number of rotatable bonds is 5. The fraction of sp³-hybridized carbons (Fsp3) is 0.364. The van der Waals surface area contributed by atoms with Crippen molar-refractivity contribution in [2.75, 3.05) is 26.8 Å². The van der Waals surface area contributed by atoms with Crippen LogP contribution in [-0.4, -0.2) is 41.7 Å². The summed E-state index contributed by atoms with van der Waals surface area (Å²) in [5.74, 6) is 0.761. The maximum absolute atomic E-state index is 5.47. The Bertz CT molecular complexity index is 874. The van der Waals surface area contributed by atoms with Gasteiger partial charge in [0, 0.05) is 37.9 Å². The third-order valence-electron chi connectivity index (χ3n) is 5.13. The minimum atomic E-state index is 0.761. The lowest BCUT2D eigenvalue weighted by molar-refractivity contribution is 0.0549. The van der Waals surface area contributed by atoms with Gasteiger partial charge in [-0.05, 0) is 54.6 Å². The SMILES string of the molecule is CN(Cc1cccc(-c2ccc3cncnc3c2)c1)CC1CCOCC1. The third kappa shape index (κ3) is 4.09. The van der Waals surface area contributed by atoms with Gasteiger partial charge >= 0.3 is 0 Å². The molecule has 1 saturated heterocycles. The molecule has 26 heavy (non-hydrogen) atoms. The Morgan fingerprint density at radius 2 is 1.92 bits per heavy atom. The molecule has 1 fully saturated rings. The van der Waals surface area contributed by atoms with Crippen molar-refractivity contribution in [3.63, 3.8) is 0 Å². The largest absolute Gasteiger partial charge is 0.381 e. The summed E-state index contributed by atoms with van der Waals surface area (Å²) in [7, 11) is 2.22. The molecule has 2 aromatic carbocycles. The van der Waals surface area contributed by atoms with Gasteiger partial charge in [-0.2, -0.15) is 0 Å². The first kappa shape index (κ1) is 17.1.